The monoisotopic (exact) mass is 408 g/mol. The number of rotatable bonds is 2. The summed E-state index contributed by atoms with van der Waals surface area (Å²) >= 11 is 0. The Morgan fingerprint density at radius 2 is 1.61 bits per heavy atom. The molecule has 0 atom stereocenters. The van der Waals surface area contributed by atoms with Gasteiger partial charge in [0.15, 0.2) is 0 Å². The van der Waals surface area contributed by atoms with E-state index in [4.69, 9.17) is 0 Å². The minimum absolute atomic E-state index is 0. The maximum Gasteiger partial charge on any atom is 0 e. The molecule has 0 fully saturated rings. The fourth-order valence-corrected chi connectivity index (χ4v) is 2.00. The fourth-order valence-electron chi connectivity index (χ4n) is 2.00. The van der Waals surface area contributed by atoms with Crippen molar-refractivity contribution in [3.63, 3.8) is 0 Å². The van der Waals surface area contributed by atoms with Crippen molar-refractivity contribution in [2.75, 3.05) is 0 Å². The quantitative estimate of drug-likeness (QED) is 0.486. The first kappa shape index (κ1) is 17.6. The minimum Gasteiger partial charge on any atom is -0.213 e. The summed E-state index contributed by atoms with van der Waals surface area (Å²) in [6, 6.07) is 10.8. The average Bonchev–Trinajstić information content (AvgIpc) is 2.87. The Bertz CT molecular complexity index is 410. The van der Waals surface area contributed by atoms with Crippen LogP contribution >= 0.6 is 0 Å². The molecular weight excluding hydrogens is 383 g/mol. The van der Waals surface area contributed by atoms with Crippen LogP contribution in [0.2, 0.25) is 0 Å². The molecule has 2 aromatic carbocycles. The van der Waals surface area contributed by atoms with E-state index in [9.17, 15) is 0 Å². The molecule has 0 aromatic heterocycles. The van der Waals surface area contributed by atoms with Crippen molar-refractivity contribution in [2.45, 2.75) is 47.5 Å². The molecule has 0 amide bonds. The summed E-state index contributed by atoms with van der Waals surface area (Å²) in [7, 11) is 0. The van der Waals surface area contributed by atoms with Crippen LogP contribution in [0.5, 0.6) is 0 Å². The topological polar surface area (TPSA) is 0 Å². The molecule has 0 spiro atoms. The smallest absolute Gasteiger partial charge is 0 e. The average molecular weight is 407 g/mol. The minimum atomic E-state index is 0. The molecule has 0 aliphatic rings. The van der Waals surface area contributed by atoms with Gasteiger partial charge in [0.05, 0.1) is 0 Å². The van der Waals surface area contributed by atoms with Crippen LogP contribution in [0, 0.1) is 27.7 Å². The SMILES string of the molecule is CCC[c-]1cccc1.Cc1c[c-](C)c(C)c1C.[Hf]. The van der Waals surface area contributed by atoms with Gasteiger partial charge >= 0.3 is 0 Å². The normalized spacial score (nSPS) is 9.39. The van der Waals surface area contributed by atoms with Gasteiger partial charge < -0.3 is 0 Å². The molecule has 0 nitrogen and oxygen atoms in total. The molecule has 0 aliphatic heterocycles. The third-order valence-electron chi connectivity index (χ3n) is 3.45. The van der Waals surface area contributed by atoms with Crippen molar-refractivity contribution < 1.29 is 25.8 Å². The molecule has 0 bridgehead atoms. The van der Waals surface area contributed by atoms with E-state index < -0.39 is 0 Å². The molecule has 0 radical (unpaired) electrons. The van der Waals surface area contributed by atoms with Crippen LogP contribution in [0.4, 0.5) is 0 Å². The molecule has 0 N–H and O–H groups in total. The van der Waals surface area contributed by atoms with Gasteiger partial charge in [-0.1, -0.05) is 47.5 Å². The van der Waals surface area contributed by atoms with Gasteiger partial charge in [-0.05, 0) is 0 Å². The molecule has 18 heavy (non-hydrogen) atoms. The summed E-state index contributed by atoms with van der Waals surface area (Å²) in [4.78, 5) is 0. The van der Waals surface area contributed by atoms with E-state index in [1.165, 1.54) is 40.7 Å². The Kier molecular flexibility index (Phi) is 8.43. The maximum absolute atomic E-state index is 2.24. The fraction of sp³-hybridized carbons (Fsp3) is 0.412. The Hall–Kier alpha value is -0.430. The summed E-state index contributed by atoms with van der Waals surface area (Å²) in [5.41, 5.74) is 7.21. The van der Waals surface area contributed by atoms with Crippen LogP contribution in [0.25, 0.3) is 0 Å². The van der Waals surface area contributed by atoms with Gasteiger partial charge in [0, 0.05) is 25.8 Å². The molecule has 2 rings (SSSR count). The van der Waals surface area contributed by atoms with Crippen LogP contribution < -0.4 is 0 Å². The van der Waals surface area contributed by atoms with E-state index in [0.717, 1.165) is 0 Å². The molecule has 0 aliphatic carbocycles. The van der Waals surface area contributed by atoms with Crippen LogP contribution in [0.15, 0.2) is 30.3 Å². The maximum atomic E-state index is 2.24. The van der Waals surface area contributed by atoms with E-state index >= 15 is 0 Å². The van der Waals surface area contributed by atoms with Gasteiger partial charge in [0.1, 0.15) is 0 Å². The van der Waals surface area contributed by atoms with Crippen molar-refractivity contribution in [2.24, 2.45) is 0 Å². The summed E-state index contributed by atoms with van der Waals surface area (Å²) in [5.74, 6) is 0. The number of hydrogen-bond donors (Lipinski definition) is 0. The van der Waals surface area contributed by atoms with Gasteiger partial charge in [-0.2, -0.15) is 46.0 Å². The van der Waals surface area contributed by atoms with Gasteiger partial charge in [0.25, 0.3) is 0 Å². The Labute approximate surface area is 131 Å². The van der Waals surface area contributed by atoms with Gasteiger partial charge in [-0.15, -0.1) is 0 Å². The summed E-state index contributed by atoms with van der Waals surface area (Å²) < 4.78 is 0. The molecule has 2 aromatic rings. The first-order chi connectivity index (χ1) is 8.06. The zero-order valence-corrected chi connectivity index (χ0v) is 15.9. The third kappa shape index (κ3) is 5.06. The second-order valence-corrected chi connectivity index (χ2v) is 4.80. The molecule has 0 saturated heterocycles. The van der Waals surface area contributed by atoms with E-state index in [1.807, 2.05) is 0 Å². The molecule has 0 saturated carbocycles. The second kappa shape index (κ2) is 8.63. The standard InChI is InChI=1S/C9H13.C8H11.Hf/c1-6-5-7(2)9(4)8(6)3;1-2-5-8-6-3-4-7-8;/h5H,1-4H3;3-4,6-7H,2,5H2,1H3;/q2*-1;. The van der Waals surface area contributed by atoms with E-state index in [1.54, 1.807) is 0 Å². The Morgan fingerprint density at radius 3 is 1.89 bits per heavy atom. The Balaban J connectivity index is 0.000000306. The molecule has 98 valence electrons. The van der Waals surface area contributed by atoms with Crippen molar-refractivity contribution in [3.8, 4) is 0 Å². The van der Waals surface area contributed by atoms with E-state index in [-0.39, 0.29) is 25.8 Å². The number of hydrogen-bond acceptors (Lipinski definition) is 0. The van der Waals surface area contributed by atoms with Gasteiger partial charge in [-0.3, -0.25) is 0 Å². The Morgan fingerprint density at radius 1 is 1.06 bits per heavy atom. The summed E-state index contributed by atoms with van der Waals surface area (Å²) in [5, 5.41) is 0. The van der Waals surface area contributed by atoms with Crippen LogP contribution in [0.3, 0.4) is 0 Å². The van der Waals surface area contributed by atoms with Crippen molar-refractivity contribution in [1.29, 1.82) is 0 Å². The summed E-state index contributed by atoms with van der Waals surface area (Å²) in [6.45, 7) is 10.9. The molecular formula is C17H24Hf-2. The molecule has 0 unspecified atom stereocenters. The molecule has 0 heterocycles. The predicted octanol–water partition coefficient (Wildman–Crippen LogP) is 4.99. The zero-order chi connectivity index (χ0) is 12.8. The third-order valence-corrected chi connectivity index (χ3v) is 3.45. The van der Waals surface area contributed by atoms with Crippen LogP contribution in [-0.4, -0.2) is 0 Å². The van der Waals surface area contributed by atoms with E-state index in [0.29, 0.717) is 0 Å². The first-order valence-electron chi connectivity index (χ1n) is 6.47. The first-order valence-corrected chi connectivity index (χ1v) is 6.47. The van der Waals surface area contributed by atoms with Crippen molar-refractivity contribution >= 4 is 0 Å². The number of aryl methyl sites for hydroxylation is 3. The predicted molar refractivity (Wildman–Crippen MR) is 77.0 cm³/mol. The second-order valence-electron chi connectivity index (χ2n) is 4.80. The zero-order valence-electron chi connectivity index (χ0n) is 12.3. The van der Waals surface area contributed by atoms with Crippen molar-refractivity contribution in [3.05, 3.63) is 58.1 Å². The largest absolute Gasteiger partial charge is 0.213 e. The van der Waals surface area contributed by atoms with Gasteiger partial charge in [0.2, 0.25) is 0 Å². The van der Waals surface area contributed by atoms with Crippen LogP contribution in [0.1, 0.15) is 41.2 Å². The van der Waals surface area contributed by atoms with Gasteiger partial charge in [-0.25, -0.2) is 12.1 Å². The molecule has 1 heteroatoms. The van der Waals surface area contributed by atoms with Crippen molar-refractivity contribution in [1.82, 2.24) is 0 Å². The summed E-state index contributed by atoms with van der Waals surface area (Å²) in [6.07, 6.45) is 2.48. The van der Waals surface area contributed by atoms with E-state index in [2.05, 4.69) is 65.0 Å². The van der Waals surface area contributed by atoms with Crippen LogP contribution in [-0.2, 0) is 32.3 Å².